The first-order valence-electron chi connectivity index (χ1n) is 7.04. The number of hydrogen-bond acceptors (Lipinski definition) is 4. The Morgan fingerprint density at radius 3 is 2.68 bits per heavy atom. The first-order valence-corrected chi connectivity index (χ1v) is 8.19. The average Bonchev–Trinajstić information content (AvgIpc) is 3.23. The third-order valence-corrected chi connectivity index (χ3v) is 5.00. The third kappa shape index (κ3) is 3.25. The molecule has 2 atom stereocenters. The van der Waals surface area contributed by atoms with E-state index in [1.165, 1.54) is 24.2 Å². The van der Waals surface area contributed by atoms with Gasteiger partial charge in [-0.25, -0.2) is 0 Å². The SMILES string of the molecule is CN1CCSCC1C(N)c1ccc(OC2CC2)cc1. The molecule has 0 bridgehead atoms. The van der Waals surface area contributed by atoms with Gasteiger partial charge < -0.3 is 10.5 Å². The maximum absolute atomic E-state index is 6.43. The van der Waals surface area contributed by atoms with E-state index in [0.29, 0.717) is 12.1 Å². The molecule has 1 saturated heterocycles. The second-order valence-corrected chi connectivity index (χ2v) is 6.68. The van der Waals surface area contributed by atoms with Gasteiger partial charge in [0.05, 0.1) is 6.10 Å². The van der Waals surface area contributed by atoms with Gasteiger partial charge in [0, 0.05) is 30.1 Å². The van der Waals surface area contributed by atoms with Crippen LogP contribution < -0.4 is 10.5 Å². The van der Waals surface area contributed by atoms with Gasteiger partial charge >= 0.3 is 0 Å². The number of nitrogens with two attached hydrogens (primary N) is 1. The summed E-state index contributed by atoms with van der Waals surface area (Å²) < 4.78 is 5.77. The van der Waals surface area contributed by atoms with Gasteiger partial charge in [0.2, 0.25) is 0 Å². The minimum atomic E-state index is 0.0905. The van der Waals surface area contributed by atoms with E-state index in [1.807, 2.05) is 11.8 Å². The van der Waals surface area contributed by atoms with E-state index in [-0.39, 0.29) is 6.04 Å². The van der Waals surface area contributed by atoms with Gasteiger partial charge in [-0.1, -0.05) is 12.1 Å². The summed E-state index contributed by atoms with van der Waals surface area (Å²) in [6.45, 7) is 1.13. The number of ether oxygens (including phenoxy) is 1. The number of rotatable bonds is 4. The monoisotopic (exact) mass is 278 g/mol. The predicted molar refractivity (Wildman–Crippen MR) is 80.8 cm³/mol. The largest absolute Gasteiger partial charge is 0.490 e. The number of thioether (sulfide) groups is 1. The van der Waals surface area contributed by atoms with Gasteiger partial charge in [0.1, 0.15) is 5.75 Å². The summed E-state index contributed by atoms with van der Waals surface area (Å²) in [5.41, 5.74) is 7.64. The second-order valence-electron chi connectivity index (χ2n) is 5.53. The van der Waals surface area contributed by atoms with Crippen LogP contribution in [0.1, 0.15) is 24.4 Å². The highest BCUT2D eigenvalue weighted by Gasteiger charge is 2.27. The maximum atomic E-state index is 6.43. The van der Waals surface area contributed by atoms with Crippen molar-refractivity contribution in [2.45, 2.75) is 31.0 Å². The Balaban J connectivity index is 1.66. The van der Waals surface area contributed by atoms with E-state index in [1.54, 1.807) is 0 Å². The predicted octanol–water partition coefficient (Wildman–Crippen LogP) is 2.27. The van der Waals surface area contributed by atoms with Crippen molar-refractivity contribution in [2.24, 2.45) is 5.73 Å². The summed E-state index contributed by atoms with van der Waals surface area (Å²) in [7, 11) is 2.18. The van der Waals surface area contributed by atoms with Crippen LogP contribution in [0.5, 0.6) is 5.75 Å². The molecule has 19 heavy (non-hydrogen) atoms. The Bertz CT molecular complexity index is 419. The molecule has 2 unspecified atom stereocenters. The summed E-state index contributed by atoms with van der Waals surface area (Å²) in [6.07, 6.45) is 2.86. The molecule has 1 heterocycles. The van der Waals surface area contributed by atoms with Crippen molar-refractivity contribution in [2.75, 3.05) is 25.1 Å². The van der Waals surface area contributed by atoms with Gasteiger partial charge in [0.15, 0.2) is 0 Å². The Labute approximate surface area is 119 Å². The molecule has 3 nitrogen and oxygen atoms in total. The summed E-state index contributed by atoms with van der Waals surface area (Å²) in [5.74, 6) is 3.32. The van der Waals surface area contributed by atoms with Crippen molar-refractivity contribution >= 4 is 11.8 Å². The van der Waals surface area contributed by atoms with Crippen molar-refractivity contribution in [3.8, 4) is 5.75 Å². The molecule has 2 aliphatic rings. The fraction of sp³-hybridized carbons (Fsp3) is 0.600. The molecule has 2 fully saturated rings. The van der Waals surface area contributed by atoms with Gasteiger partial charge in [-0.05, 0) is 37.6 Å². The first-order chi connectivity index (χ1) is 9.24. The van der Waals surface area contributed by atoms with Crippen LogP contribution in [-0.4, -0.2) is 42.1 Å². The zero-order valence-corrected chi connectivity index (χ0v) is 12.2. The molecular formula is C15H22N2OS. The topological polar surface area (TPSA) is 38.5 Å². The van der Waals surface area contributed by atoms with Crippen molar-refractivity contribution in [1.82, 2.24) is 4.90 Å². The lowest BCUT2D eigenvalue weighted by Crippen LogP contribution is -2.46. The highest BCUT2D eigenvalue weighted by molar-refractivity contribution is 7.99. The molecule has 0 aromatic heterocycles. The molecule has 2 N–H and O–H groups in total. The van der Waals surface area contributed by atoms with Crippen molar-refractivity contribution < 1.29 is 4.74 Å². The van der Waals surface area contributed by atoms with Crippen molar-refractivity contribution in [1.29, 1.82) is 0 Å². The van der Waals surface area contributed by atoms with Gasteiger partial charge in [-0.15, -0.1) is 0 Å². The van der Waals surface area contributed by atoms with Crippen LogP contribution in [0.2, 0.25) is 0 Å². The molecule has 1 aliphatic carbocycles. The standard InChI is InChI=1S/C15H22N2OS/c1-17-8-9-19-10-14(17)15(16)11-2-4-12(5-3-11)18-13-6-7-13/h2-5,13-15H,6-10,16H2,1H3. The smallest absolute Gasteiger partial charge is 0.119 e. The number of benzene rings is 1. The minimum Gasteiger partial charge on any atom is -0.490 e. The Morgan fingerprint density at radius 2 is 2.05 bits per heavy atom. The third-order valence-electron chi connectivity index (χ3n) is 3.95. The summed E-state index contributed by atoms with van der Waals surface area (Å²) >= 11 is 2.00. The highest BCUT2D eigenvalue weighted by Crippen LogP contribution is 2.29. The Morgan fingerprint density at radius 1 is 1.32 bits per heavy atom. The molecule has 0 amide bonds. The van der Waals surface area contributed by atoms with E-state index >= 15 is 0 Å². The van der Waals surface area contributed by atoms with Crippen LogP contribution in [0.15, 0.2) is 24.3 Å². The van der Waals surface area contributed by atoms with Crippen LogP contribution in [0.25, 0.3) is 0 Å². The number of hydrogen-bond donors (Lipinski definition) is 1. The normalized spacial score (nSPS) is 26.1. The molecule has 1 aromatic carbocycles. The van der Waals surface area contributed by atoms with E-state index in [0.717, 1.165) is 18.0 Å². The summed E-state index contributed by atoms with van der Waals surface area (Å²) in [5, 5.41) is 0. The van der Waals surface area contributed by atoms with Gasteiger partial charge in [-0.2, -0.15) is 11.8 Å². The van der Waals surface area contributed by atoms with E-state index < -0.39 is 0 Å². The lowest BCUT2D eigenvalue weighted by Gasteiger charge is -2.36. The molecule has 1 aromatic rings. The molecule has 1 saturated carbocycles. The number of likely N-dealkylation sites (N-methyl/N-ethyl adjacent to an activating group) is 1. The first kappa shape index (κ1) is 13.3. The fourth-order valence-corrected chi connectivity index (χ4v) is 3.74. The molecular weight excluding hydrogens is 256 g/mol. The van der Waals surface area contributed by atoms with Crippen molar-refractivity contribution in [3.63, 3.8) is 0 Å². The van der Waals surface area contributed by atoms with E-state index in [9.17, 15) is 0 Å². The maximum Gasteiger partial charge on any atom is 0.119 e. The van der Waals surface area contributed by atoms with Crippen LogP contribution >= 0.6 is 11.8 Å². The van der Waals surface area contributed by atoms with Crippen LogP contribution in [-0.2, 0) is 0 Å². The quantitative estimate of drug-likeness (QED) is 0.917. The molecule has 3 rings (SSSR count). The second kappa shape index (κ2) is 5.73. The van der Waals surface area contributed by atoms with E-state index in [2.05, 4.69) is 36.2 Å². The molecule has 0 spiro atoms. The van der Waals surface area contributed by atoms with Crippen molar-refractivity contribution in [3.05, 3.63) is 29.8 Å². The fourth-order valence-electron chi connectivity index (χ4n) is 2.45. The lowest BCUT2D eigenvalue weighted by molar-refractivity contribution is 0.237. The van der Waals surface area contributed by atoms with Crippen LogP contribution in [0.4, 0.5) is 0 Å². The highest BCUT2D eigenvalue weighted by atomic mass is 32.2. The van der Waals surface area contributed by atoms with Gasteiger partial charge in [-0.3, -0.25) is 4.90 Å². The summed E-state index contributed by atoms with van der Waals surface area (Å²) in [6, 6.07) is 8.89. The zero-order chi connectivity index (χ0) is 13.2. The molecule has 104 valence electrons. The molecule has 1 aliphatic heterocycles. The van der Waals surface area contributed by atoms with Gasteiger partial charge in [0.25, 0.3) is 0 Å². The number of nitrogens with zero attached hydrogens (tertiary/aromatic N) is 1. The Hall–Kier alpha value is -0.710. The zero-order valence-electron chi connectivity index (χ0n) is 11.4. The average molecular weight is 278 g/mol. The van der Waals surface area contributed by atoms with Crippen LogP contribution in [0, 0.1) is 0 Å². The Kier molecular flexibility index (Phi) is 4.01. The lowest BCUT2D eigenvalue weighted by atomic mass is 10.00. The van der Waals surface area contributed by atoms with Crippen LogP contribution in [0.3, 0.4) is 0 Å². The van der Waals surface area contributed by atoms with E-state index in [4.69, 9.17) is 10.5 Å². The summed E-state index contributed by atoms with van der Waals surface area (Å²) in [4.78, 5) is 2.38. The molecule has 0 radical (unpaired) electrons. The minimum absolute atomic E-state index is 0.0905. The molecule has 4 heteroatoms.